The molecule has 1 N–H and O–H groups in total. The van der Waals surface area contributed by atoms with Gasteiger partial charge in [-0.2, -0.15) is 0 Å². The zero-order valence-corrected chi connectivity index (χ0v) is 11.5. The second-order valence-electron chi connectivity index (χ2n) is 3.88. The highest BCUT2D eigenvalue weighted by Gasteiger charge is 2.14. The summed E-state index contributed by atoms with van der Waals surface area (Å²) in [5.41, 5.74) is -0.106. The Morgan fingerprint density at radius 3 is 2.75 bits per heavy atom. The van der Waals surface area contributed by atoms with E-state index >= 15 is 0 Å². The number of nitro groups is 1. The zero-order chi connectivity index (χ0) is 15.1. The van der Waals surface area contributed by atoms with E-state index in [2.05, 4.69) is 5.32 Å². The maximum atomic E-state index is 11.5. The minimum absolute atomic E-state index is 0.0256. The predicted molar refractivity (Wildman–Crippen MR) is 72.6 cm³/mol. The molecule has 0 radical (unpaired) electrons. The van der Waals surface area contributed by atoms with Gasteiger partial charge in [0.15, 0.2) is 6.61 Å². The molecule has 0 aliphatic heterocycles. The molecular weight excluding hydrogens is 288 g/mol. The normalized spacial score (nSPS) is 9.90. The molecule has 0 aromatic heterocycles. The lowest BCUT2D eigenvalue weighted by Gasteiger charge is -2.06. The third-order valence-corrected chi connectivity index (χ3v) is 2.56. The van der Waals surface area contributed by atoms with Gasteiger partial charge in [-0.05, 0) is 18.6 Å². The monoisotopic (exact) mass is 300 g/mol. The van der Waals surface area contributed by atoms with Gasteiger partial charge in [-0.15, -0.1) is 0 Å². The molecule has 108 valence electrons. The summed E-state index contributed by atoms with van der Waals surface area (Å²) in [7, 11) is 0. The summed E-state index contributed by atoms with van der Waals surface area (Å²) in [6, 6.07) is 3.85. The minimum Gasteiger partial charge on any atom is -0.456 e. The van der Waals surface area contributed by atoms with Crippen molar-refractivity contribution >= 4 is 34.9 Å². The van der Waals surface area contributed by atoms with Crippen LogP contribution in [0.5, 0.6) is 0 Å². The standard InChI is InChI=1S/C12H13ClN2O5/c1-2-3-12(17)20-7-11(16)14-8-4-5-9(13)10(6-8)15(18)19/h4-6H,2-3,7H2,1H3,(H,14,16). The Balaban J connectivity index is 2.60. The molecule has 1 amide bonds. The Morgan fingerprint density at radius 2 is 2.15 bits per heavy atom. The lowest BCUT2D eigenvalue weighted by Crippen LogP contribution is -2.20. The number of rotatable bonds is 6. The van der Waals surface area contributed by atoms with Gasteiger partial charge >= 0.3 is 5.97 Å². The Kier molecular flexibility index (Phi) is 5.92. The highest BCUT2D eigenvalue weighted by atomic mass is 35.5. The molecule has 0 aliphatic carbocycles. The number of nitrogens with one attached hydrogen (secondary N) is 1. The molecule has 1 aromatic rings. The van der Waals surface area contributed by atoms with Crippen LogP contribution in [-0.2, 0) is 14.3 Å². The number of hydrogen-bond donors (Lipinski definition) is 1. The van der Waals surface area contributed by atoms with Gasteiger partial charge in [-0.25, -0.2) is 0 Å². The molecule has 0 saturated carbocycles. The zero-order valence-electron chi connectivity index (χ0n) is 10.7. The molecule has 8 heteroatoms. The lowest BCUT2D eigenvalue weighted by atomic mass is 10.3. The van der Waals surface area contributed by atoms with Crippen molar-refractivity contribution in [1.29, 1.82) is 0 Å². The topological polar surface area (TPSA) is 98.5 Å². The van der Waals surface area contributed by atoms with Crippen LogP contribution in [-0.4, -0.2) is 23.4 Å². The largest absolute Gasteiger partial charge is 0.456 e. The first-order valence-electron chi connectivity index (χ1n) is 5.83. The highest BCUT2D eigenvalue weighted by molar-refractivity contribution is 6.32. The lowest BCUT2D eigenvalue weighted by molar-refractivity contribution is -0.384. The quantitative estimate of drug-likeness (QED) is 0.494. The number of carbonyl (C=O) groups is 2. The fourth-order valence-electron chi connectivity index (χ4n) is 1.35. The Hall–Kier alpha value is -2.15. The van der Waals surface area contributed by atoms with Gasteiger partial charge in [0.05, 0.1) is 4.92 Å². The van der Waals surface area contributed by atoms with Crippen molar-refractivity contribution in [2.75, 3.05) is 11.9 Å². The average Bonchev–Trinajstić information content (AvgIpc) is 2.39. The molecule has 0 bridgehead atoms. The molecule has 0 heterocycles. The number of nitrogens with zero attached hydrogens (tertiary/aromatic N) is 1. The molecule has 1 aromatic carbocycles. The van der Waals surface area contributed by atoms with E-state index < -0.39 is 23.4 Å². The van der Waals surface area contributed by atoms with Crippen molar-refractivity contribution in [3.05, 3.63) is 33.3 Å². The first-order valence-corrected chi connectivity index (χ1v) is 6.21. The SMILES string of the molecule is CCCC(=O)OCC(=O)Nc1ccc(Cl)c([N+](=O)[O-])c1. The van der Waals surface area contributed by atoms with Crippen LogP contribution >= 0.6 is 11.6 Å². The van der Waals surface area contributed by atoms with Crippen molar-refractivity contribution < 1.29 is 19.2 Å². The van der Waals surface area contributed by atoms with E-state index in [4.69, 9.17) is 16.3 Å². The number of halogens is 1. The number of hydrogen-bond acceptors (Lipinski definition) is 5. The number of esters is 1. The summed E-state index contributed by atoms with van der Waals surface area (Å²) in [6.07, 6.45) is 0.865. The Morgan fingerprint density at radius 1 is 1.45 bits per heavy atom. The van der Waals surface area contributed by atoms with Crippen LogP contribution in [0.3, 0.4) is 0 Å². The first kappa shape index (κ1) is 15.9. The van der Waals surface area contributed by atoms with E-state index in [9.17, 15) is 19.7 Å². The van der Waals surface area contributed by atoms with Crippen molar-refractivity contribution in [3.8, 4) is 0 Å². The van der Waals surface area contributed by atoms with Crippen molar-refractivity contribution in [2.45, 2.75) is 19.8 Å². The fraction of sp³-hybridized carbons (Fsp3) is 0.333. The average molecular weight is 301 g/mol. The predicted octanol–water partition coefficient (Wildman–Crippen LogP) is 2.53. The van der Waals surface area contributed by atoms with E-state index in [1.54, 1.807) is 0 Å². The van der Waals surface area contributed by atoms with Crippen molar-refractivity contribution in [2.24, 2.45) is 0 Å². The summed E-state index contributed by atoms with van der Waals surface area (Å²) in [5, 5.41) is 13.0. The molecule has 1 rings (SSSR count). The maximum Gasteiger partial charge on any atom is 0.306 e. The molecule has 7 nitrogen and oxygen atoms in total. The van der Waals surface area contributed by atoms with Crippen molar-refractivity contribution in [1.82, 2.24) is 0 Å². The third-order valence-electron chi connectivity index (χ3n) is 2.24. The summed E-state index contributed by atoms with van der Waals surface area (Å²) < 4.78 is 4.71. The number of benzene rings is 1. The fourth-order valence-corrected chi connectivity index (χ4v) is 1.54. The maximum absolute atomic E-state index is 11.5. The van der Waals surface area contributed by atoms with Gasteiger partial charge < -0.3 is 10.1 Å². The summed E-state index contributed by atoms with van der Waals surface area (Å²) in [6.45, 7) is 1.38. The second-order valence-corrected chi connectivity index (χ2v) is 4.29. The molecule has 0 unspecified atom stereocenters. The van der Waals surface area contributed by atoms with Crippen LogP contribution in [0.15, 0.2) is 18.2 Å². The number of ether oxygens (including phenoxy) is 1. The van der Waals surface area contributed by atoms with E-state index in [0.717, 1.165) is 6.07 Å². The summed E-state index contributed by atoms with van der Waals surface area (Å²) >= 11 is 5.64. The van der Waals surface area contributed by atoms with Gasteiger partial charge in [0.2, 0.25) is 0 Å². The van der Waals surface area contributed by atoms with Crippen LogP contribution in [0.1, 0.15) is 19.8 Å². The Bertz CT molecular complexity index is 533. The van der Waals surface area contributed by atoms with E-state index in [1.165, 1.54) is 12.1 Å². The van der Waals surface area contributed by atoms with Gasteiger partial charge in [-0.3, -0.25) is 19.7 Å². The summed E-state index contributed by atoms with van der Waals surface area (Å²) in [4.78, 5) is 32.6. The van der Waals surface area contributed by atoms with Gasteiger partial charge in [-0.1, -0.05) is 18.5 Å². The van der Waals surface area contributed by atoms with E-state index in [1.807, 2.05) is 6.92 Å². The number of nitro benzene ring substituents is 1. The minimum atomic E-state index is -0.654. The van der Waals surface area contributed by atoms with Crippen LogP contribution in [0.25, 0.3) is 0 Å². The molecule has 0 fully saturated rings. The van der Waals surface area contributed by atoms with E-state index in [0.29, 0.717) is 6.42 Å². The van der Waals surface area contributed by atoms with Crippen LogP contribution in [0.2, 0.25) is 5.02 Å². The van der Waals surface area contributed by atoms with Gasteiger partial charge in [0, 0.05) is 18.2 Å². The molecule has 20 heavy (non-hydrogen) atoms. The number of carbonyl (C=O) groups excluding carboxylic acids is 2. The molecule has 0 saturated heterocycles. The number of amides is 1. The van der Waals surface area contributed by atoms with Crippen LogP contribution in [0, 0.1) is 10.1 Å². The van der Waals surface area contributed by atoms with Gasteiger partial charge in [0.25, 0.3) is 11.6 Å². The second kappa shape index (κ2) is 7.44. The molecule has 0 atom stereocenters. The first-order chi connectivity index (χ1) is 9.43. The van der Waals surface area contributed by atoms with E-state index in [-0.39, 0.29) is 22.8 Å². The third kappa shape index (κ3) is 4.85. The molecule has 0 aliphatic rings. The molecular formula is C12H13ClN2O5. The number of anilines is 1. The highest BCUT2D eigenvalue weighted by Crippen LogP contribution is 2.27. The van der Waals surface area contributed by atoms with Gasteiger partial charge in [0.1, 0.15) is 5.02 Å². The summed E-state index contributed by atoms with van der Waals surface area (Å²) in [5.74, 6) is -1.05. The Labute approximate surface area is 120 Å². The van der Waals surface area contributed by atoms with Crippen molar-refractivity contribution in [3.63, 3.8) is 0 Å². The smallest absolute Gasteiger partial charge is 0.306 e. The molecule has 0 spiro atoms. The van der Waals surface area contributed by atoms with Crippen LogP contribution in [0.4, 0.5) is 11.4 Å². The van der Waals surface area contributed by atoms with Crippen LogP contribution < -0.4 is 5.32 Å².